The van der Waals surface area contributed by atoms with Gasteiger partial charge < -0.3 is 15.9 Å². The second-order valence-corrected chi connectivity index (χ2v) is 9.89. The van der Waals surface area contributed by atoms with E-state index in [1.807, 2.05) is 19.9 Å². The molecule has 9 heteroatoms. The molecule has 6 atom stereocenters. The summed E-state index contributed by atoms with van der Waals surface area (Å²) < 4.78 is 0. The number of carbonyl (C=O) groups excluding carboxylic acids is 5. The third-order valence-corrected chi connectivity index (χ3v) is 7.99. The van der Waals surface area contributed by atoms with Crippen LogP contribution in [0, 0.1) is 23.7 Å². The fourth-order valence-electron chi connectivity index (χ4n) is 6.40. The van der Waals surface area contributed by atoms with E-state index in [9.17, 15) is 34.2 Å². The van der Waals surface area contributed by atoms with Crippen LogP contribution in [-0.4, -0.2) is 69.9 Å². The molecule has 1 aromatic carbocycles. The second kappa shape index (κ2) is 8.09. The van der Waals surface area contributed by atoms with Gasteiger partial charge in [0.2, 0.25) is 5.91 Å². The molecule has 3 aliphatic carbocycles. The van der Waals surface area contributed by atoms with Gasteiger partial charge >= 0.3 is 0 Å². The van der Waals surface area contributed by atoms with Crippen molar-refractivity contribution in [2.24, 2.45) is 29.4 Å². The number of nitrogens with zero attached hydrogens (tertiary/aromatic N) is 1. The number of hydrogen-bond acceptors (Lipinski definition) is 8. The minimum absolute atomic E-state index is 0.0589. The number of rotatable bonds is 4. The highest BCUT2D eigenvalue weighted by atomic mass is 16.3. The maximum Gasteiger partial charge on any atom is 0.235 e. The molecule has 0 aliphatic heterocycles. The van der Waals surface area contributed by atoms with E-state index in [2.05, 4.69) is 0 Å². The maximum atomic E-state index is 13.8. The summed E-state index contributed by atoms with van der Waals surface area (Å²) in [6.07, 6.45) is 1.47. The predicted octanol–water partition coefficient (Wildman–Crippen LogP) is -0.00820. The molecule has 4 N–H and O–H groups in total. The van der Waals surface area contributed by atoms with E-state index < -0.39 is 64.4 Å². The number of primary amides is 1. The summed E-state index contributed by atoms with van der Waals surface area (Å²) in [6, 6.07) is 0.777. The SMILES string of the molecule is CCc1cc(CC)c2c(c1O)C(=O)C1C(=O)[C@]3(O)C(=O)C(C(N)=O)C(=O)[C@@H](N(C)C)[C@@H]3C[C@@H]1C2. The fourth-order valence-corrected chi connectivity index (χ4v) is 6.40. The standard InChI is InChI=1S/C25H30N2O7/c1-5-10-7-11(6-2)19(28)16-13(10)8-12-9-14-18(27(3)4)21(30)17(24(26)33)23(32)25(14,34)22(31)15(12)20(16)29/h7,12,14-15,17-18,28,34H,5-6,8-9H2,1-4H3,(H2,26,33)/t12-,14-,15?,17?,18-,25-/m0/s1. The molecule has 3 aliphatic rings. The number of aliphatic hydroxyl groups is 1. The number of hydrogen-bond donors (Lipinski definition) is 3. The van der Waals surface area contributed by atoms with Gasteiger partial charge in [0.25, 0.3) is 0 Å². The van der Waals surface area contributed by atoms with Crippen LogP contribution in [0.15, 0.2) is 6.07 Å². The van der Waals surface area contributed by atoms with Crippen molar-refractivity contribution >= 4 is 29.0 Å². The smallest absolute Gasteiger partial charge is 0.235 e. The minimum Gasteiger partial charge on any atom is -0.507 e. The van der Waals surface area contributed by atoms with Crippen LogP contribution < -0.4 is 5.73 Å². The number of ketones is 4. The Balaban J connectivity index is 1.90. The van der Waals surface area contributed by atoms with Crippen molar-refractivity contribution < 1.29 is 34.2 Å². The molecule has 9 nitrogen and oxygen atoms in total. The van der Waals surface area contributed by atoms with Gasteiger partial charge in [0, 0.05) is 5.92 Å². The van der Waals surface area contributed by atoms with E-state index in [1.165, 1.54) is 4.90 Å². The Hall–Kier alpha value is -2.91. The number of likely N-dealkylation sites (N-methyl/N-ethyl adjacent to an activating group) is 1. The summed E-state index contributed by atoms with van der Waals surface area (Å²) in [5.74, 6) is -10.0. The van der Waals surface area contributed by atoms with Crippen LogP contribution in [0.3, 0.4) is 0 Å². The summed E-state index contributed by atoms with van der Waals surface area (Å²) in [7, 11) is 3.13. The summed E-state index contributed by atoms with van der Waals surface area (Å²) >= 11 is 0. The van der Waals surface area contributed by atoms with Gasteiger partial charge in [-0.3, -0.25) is 28.9 Å². The third kappa shape index (κ3) is 3.03. The quantitative estimate of drug-likeness (QED) is 0.519. The Kier molecular flexibility index (Phi) is 5.77. The first-order valence-corrected chi connectivity index (χ1v) is 11.6. The highest BCUT2D eigenvalue weighted by Crippen LogP contribution is 2.51. The highest BCUT2D eigenvalue weighted by Gasteiger charge is 2.69. The van der Waals surface area contributed by atoms with Crippen LogP contribution in [0.5, 0.6) is 5.75 Å². The topological polar surface area (TPSA) is 155 Å². The molecule has 0 saturated heterocycles. The number of phenolic OH excluding ortho intramolecular Hbond substituents is 1. The van der Waals surface area contributed by atoms with Crippen molar-refractivity contribution in [1.82, 2.24) is 4.90 Å². The van der Waals surface area contributed by atoms with Gasteiger partial charge in [-0.05, 0) is 62.4 Å². The maximum absolute atomic E-state index is 13.8. The van der Waals surface area contributed by atoms with Crippen molar-refractivity contribution in [3.63, 3.8) is 0 Å². The lowest BCUT2D eigenvalue weighted by Gasteiger charge is -2.52. The monoisotopic (exact) mass is 470 g/mol. The number of fused-ring (bicyclic) bond motifs is 3. The molecular weight excluding hydrogens is 440 g/mol. The molecule has 1 amide bonds. The average Bonchev–Trinajstić information content (AvgIpc) is 2.76. The molecule has 0 heterocycles. The van der Waals surface area contributed by atoms with Crippen LogP contribution in [0.4, 0.5) is 0 Å². The third-order valence-electron chi connectivity index (χ3n) is 7.99. The minimum atomic E-state index is -2.69. The number of benzene rings is 1. The number of Topliss-reactive ketones (excluding diaryl/α,β-unsaturated/α-hetero) is 4. The average molecular weight is 471 g/mol. The normalized spacial score (nSPS) is 32.9. The molecule has 0 radical (unpaired) electrons. The van der Waals surface area contributed by atoms with Gasteiger partial charge in [-0.15, -0.1) is 0 Å². The number of aryl methyl sites for hydroxylation is 2. The summed E-state index contributed by atoms with van der Waals surface area (Å²) in [5.41, 5.74) is 4.86. The van der Waals surface area contributed by atoms with Crippen molar-refractivity contribution in [1.29, 1.82) is 0 Å². The lowest BCUT2D eigenvalue weighted by atomic mass is 9.52. The van der Waals surface area contributed by atoms with Crippen LogP contribution in [0.2, 0.25) is 0 Å². The van der Waals surface area contributed by atoms with Gasteiger partial charge in [-0.1, -0.05) is 19.9 Å². The van der Waals surface area contributed by atoms with Crippen molar-refractivity contribution in [2.75, 3.05) is 14.1 Å². The van der Waals surface area contributed by atoms with Crippen LogP contribution >= 0.6 is 0 Å². The Morgan fingerprint density at radius 3 is 2.26 bits per heavy atom. The Labute approximate surface area is 197 Å². The number of nitrogens with two attached hydrogens (primary N) is 1. The molecule has 2 unspecified atom stereocenters. The molecule has 1 aromatic rings. The van der Waals surface area contributed by atoms with Gasteiger partial charge in [-0.25, -0.2) is 0 Å². The summed E-state index contributed by atoms with van der Waals surface area (Å²) in [5, 5.41) is 22.4. The van der Waals surface area contributed by atoms with Gasteiger partial charge in [0.05, 0.1) is 17.5 Å². The molecular formula is C25H30N2O7. The van der Waals surface area contributed by atoms with Crippen LogP contribution in [-0.2, 0) is 38.4 Å². The van der Waals surface area contributed by atoms with Crippen LogP contribution in [0.1, 0.15) is 47.3 Å². The molecule has 2 saturated carbocycles. The molecule has 2 fully saturated rings. The van der Waals surface area contributed by atoms with E-state index in [0.717, 1.165) is 5.56 Å². The lowest BCUT2D eigenvalue weighted by molar-refractivity contribution is -0.181. The lowest BCUT2D eigenvalue weighted by Crippen LogP contribution is -2.74. The van der Waals surface area contributed by atoms with Gasteiger partial charge in [0.1, 0.15) is 5.75 Å². The number of aromatic hydroxyl groups is 1. The largest absolute Gasteiger partial charge is 0.507 e. The molecule has 0 bridgehead atoms. The number of phenols is 1. The zero-order valence-corrected chi connectivity index (χ0v) is 19.8. The number of carbonyl (C=O) groups is 5. The molecule has 182 valence electrons. The number of amides is 1. The van der Waals surface area contributed by atoms with Gasteiger partial charge in [0.15, 0.2) is 34.7 Å². The molecule has 4 rings (SSSR count). The Morgan fingerprint density at radius 1 is 1.12 bits per heavy atom. The fraction of sp³-hybridized carbons (Fsp3) is 0.560. The van der Waals surface area contributed by atoms with E-state index >= 15 is 0 Å². The zero-order chi connectivity index (χ0) is 25.3. The highest BCUT2D eigenvalue weighted by molar-refractivity contribution is 6.32. The molecule has 0 aromatic heterocycles. The summed E-state index contributed by atoms with van der Waals surface area (Å²) in [6.45, 7) is 3.79. The second-order valence-electron chi connectivity index (χ2n) is 9.89. The zero-order valence-electron chi connectivity index (χ0n) is 19.8. The Bertz CT molecular complexity index is 1140. The van der Waals surface area contributed by atoms with E-state index in [0.29, 0.717) is 30.4 Å². The molecule has 34 heavy (non-hydrogen) atoms. The van der Waals surface area contributed by atoms with E-state index in [1.54, 1.807) is 14.1 Å². The summed E-state index contributed by atoms with van der Waals surface area (Å²) in [4.78, 5) is 67.2. The Morgan fingerprint density at radius 2 is 1.74 bits per heavy atom. The van der Waals surface area contributed by atoms with Crippen LogP contribution in [0.25, 0.3) is 0 Å². The van der Waals surface area contributed by atoms with Crippen molar-refractivity contribution in [3.05, 3.63) is 28.3 Å². The first-order valence-electron chi connectivity index (χ1n) is 11.6. The molecule has 0 spiro atoms. The predicted molar refractivity (Wildman–Crippen MR) is 120 cm³/mol. The van der Waals surface area contributed by atoms with Crippen molar-refractivity contribution in [2.45, 2.75) is 51.2 Å². The van der Waals surface area contributed by atoms with Crippen molar-refractivity contribution in [3.8, 4) is 5.75 Å². The van der Waals surface area contributed by atoms with E-state index in [-0.39, 0.29) is 17.7 Å². The van der Waals surface area contributed by atoms with Gasteiger partial charge in [-0.2, -0.15) is 0 Å². The van der Waals surface area contributed by atoms with E-state index in [4.69, 9.17) is 5.73 Å². The first kappa shape index (κ1) is 24.2. The first-order chi connectivity index (χ1) is 15.9.